The smallest absolute Gasteiger partial charge is 0.330 e. The van der Waals surface area contributed by atoms with Gasteiger partial charge in [0, 0.05) is 18.9 Å². The Hall–Kier alpha value is -1.58. The zero-order valence-corrected chi connectivity index (χ0v) is 16.8. The second kappa shape index (κ2) is 18.2. The number of hydrogen-bond donors (Lipinski definition) is 0. The van der Waals surface area contributed by atoms with Crippen molar-refractivity contribution < 1.29 is 19.1 Å². The highest BCUT2D eigenvalue weighted by molar-refractivity contribution is 5.81. The van der Waals surface area contributed by atoms with Gasteiger partial charge < -0.3 is 9.47 Å². The summed E-state index contributed by atoms with van der Waals surface area (Å²) in [5, 5.41) is 0. The summed E-state index contributed by atoms with van der Waals surface area (Å²) in [6.07, 6.45) is 19.0. The number of allylic oxidation sites excluding steroid dienone is 1. The van der Waals surface area contributed by atoms with Crippen molar-refractivity contribution in [2.75, 3.05) is 7.11 Å². The van der Waals surface area contributed by atoms with Crippen molar-refractivity contribution >= 4 is 11.9 Å². The minimum atomic E-state index is -0.328. The molecule has 1 atom stereocenters. The van der Waals surface area contributed by atoms with E-state index in [9.17, 15) is 9.59 Å². The highest BCUT2D eigenvalue weighted by Crippen LogP contribution is 2.13. The molecule has 0 fully saturated rings. The third-order valence-corrected chi connectivity index (χ3v) is 4.37. The van der Waals surface area contributed by atoms with Crippen LogP contribution in [0.15, 0.2) is 24.8 Å². The molecule has 0 amide bonds. The average Bonchev–Trinajstić information content (AvgIpc) is 2.65. The maximum Gasteiger partial charge on any atom is 0.330 e. The molecule has 26 heavy (non-hydrogen) atoms. The second-order valence-corrected chi connectivity index (χ2v) is 6.70. The van der Waals surface area contributed by atoms with Crippen LogP contribution < -0.4 is 0 Å². The summed E-state index contributed by atoms with van der Waals surface area (Å²) in [7, 11) is 1.43. The highest BCUT2D eigenvalue weighted by atomic mass is 16.5. The number of ether oxygens (including phenoxy) is 2. The van der Waals surface area contributed by atoms with Crippen molar-refractivity contribution in [2.45, 2.75) is 96.5 Å². The number of methoxy groups -OCH3 is 1. The maximum absolute atomic E-state index is 11.4. The molecule has 0 saturated heterocycles. The molecule has 0 aliphatic carbocycles. The Morgan fingerprint density at radius 3 is 2.35 bits per heavy atom. The van der Waals surface area contributed by atoms with Crippen LogP contribution in [-0.2, 0) is 19.1 Å². The van der Waals surface area contributed by atoms with Crippen molar-refractivity contribution in [3.8, 4) is 0 Å². The molecule has 0 aromatic carbocycles. The Morgan fingerprint density at radius 2 is 1.65 bits per heavy atom. The van der Waals surface area contributed by atoms with Gasteiger partial charge in [-0.3, -0.25) is 4.79 Å². The monoisotopic (exact) mass is 366 g/mol. The molecule has 0 aromatic rings. The summed E-state index contributed by atoms with van der Waals surface area (Å²) in [5.74, 6) is -0.444. The first-order chi connectivity index (χ1) is 12.6. The van der Waals surface area contributed by atoms with E-state index in [1.54, 1.807) is 0 Å². The van der Waals surface area contributed by atoms with Gasteiger partial charge in [0.15, 0.2) is 0 Å². The van der Waals surface area contributed by atoms with Gasteiger partial charge in [0.25, 0.3) is 0 Å². The van der Waals surface area contributed by atoms with E-state index in [1.165, 1.54) is 38.9 Å². The van der Waals surface area contributed by atoms with Gasteiger partial charge >= 0.3 is 11.9 Å². The van der Waals surface area contributed by atoms with Gasteiger partial charge in [-0.25, -0.2) is 4.79 Å². The minimum absolute atomic E-state index is 0.0353. The molecular formula is C22H38O4. The number of unbranched alkanes of at least 4 members (excludes halogenated alkanes) is 8. The summed E-state index contributed by atoms with van der Waals surface area (Å²) >= 11 is 0. The van der Waals surface area contributed by atoms with E-state index in [-0.39, 0.29) is 18.0 Å². The molecule has 0 aliphatic heterocycles. The summed E-state index contributed by atoms with van der Waals surface area (Å²) in [4.78, 5) is 22.4. The topological polar surface area (TPSA) is 52.6 Å². The molecule has 4 heteroatoms. The fourth-order valence-corrected chi connectivity index (χ4v) is 2.77. The molecule has 0 aromatic heterocycles. The van der Waals surface area contributed by atoms with E-state index < -0.39 is 0 Å². The van der Waals surface area contributed by atoms with Crippen LogP contribution in [0.5, 0.6) is 0 Å². The average molecular weight is 367 g/mol. The minimum Gasteiger partial charge on any atom is -0.469 e. The van der Waals surface area contributed by atoms with Crippen LogP contribution >= 0.6 is 0 Å². The normalized spacial score (nSPS) is 12.1. The largest absolute Gasteiger partial charge is 0.469 e. The fraction of sp³-hybridized carbons (Fsp3) is 0.727. The standard InChI is InChI=1S/C22H38O4/c1-4-6-7-14-17-20(26-21(23)5-2)18-15-12-10-8-9-11-13-16-19-22(24)25-3/h5,12,15,20H,2,4,6-11,13-14,16-19H2,1,3H3/b15-12+. The van der Waals surface area contributed by atoms with Crippen molar-refractivity contribution in [1.82, 2.24) is 0 Å². The van der Waals surface area contributed by atoms with Crippen molar-refractivity contribution in [3.05, 3.63) is 24.8 Å². The van der Waals surface area contributed by atoms with Crippen LogP contribution in [0.4, 0.5) is 0 Å². The lowest BCUT2D eigenvalue weighted by molar-refractivity contribution is -0.143. The quantitative estimate of drug-likeness (QED) is 0.139. The van der Waals surface area contributed by atoms with E-state index in [4.69, 9.17) is 4.74 Å². The van der Waals surface area contributed by atoms with Crippen LogP contribution in [-0.4, -0.2) is 25.2 Å². The summed E-state index contributed by atoms with van der Waals surface area (Å²) in [6.45, 7) is 5.66. The van der Waals surface area contributed by atoms with Crippen LogP contribution in [0.1, 0.15) is 90.4 Å². The molecule has 0 heterocycles. The molecule has 0 bridgehead atoms. The summed E-state index contributed by atoms with van der Waals surface area (Å²) in [5.41, 5.74) is 0. The second-order valence-electron chi connectivity index (χ2n) is 6.70. The molecule has 0 radical (unpaired) electrons. The SMILES string of the molecule is C=CC(=O)OC(C/C=C/CCCCCCCC(=O)OC)CCCCCC. The number of carbonyl (C=O) groups excluding carboxylic acids is 2. The van der Waals surface area contributed by atoms with E-state index in [1.807, 2.05) is 0 Å². The number of rotatable bonds is 17. The predicted octanol–water partition coefficient (Wildman–Crippen LogP) is 5.90. The fourth-order valence-electron chi connectivity index (χ4n) is 2.77. The van der Waals surface area contributed by atoms with E-state index in [0.29, 0.717) is 6.42 Å². The van der Waals surface area contributed by atoms with Crippen LogP contribution in [0.25, 0.3) is 0 Å². The van der Waals surface area contributed by atoms with Crippen molar-refractivity contribution in [1.29, 1.82) is 0 Å². The molecule has 0 N–H and O–H groups in total. The van der Waals surface area contributed by atoms with Crippen molar-refractivity contribution in [2.24, 2.45) is 0 Å². The Balaban J connectivity index is 3.80. The zero-order chi connectivity index (χ0) is 19.5. The molecule has 0 rings (SSSR count). The van der Waals surface area contributed by atoms with Crippen LogP contribution in [0, 0.1) is 0 Å². The maximum atomic E-state index is 11.4. The highest BCUT2D eigenvalue weighted by Gasteiger charge is 2.10. The molecular weight excluding hydrogens is 328 g/mol. The van der Waals surface area contributed by atoms with E-state index in [0.717, 1.165) is 51.4 Å². The van der Waals surface area contributed by atoms with E-state index >= 15 is 0 Å². The first-order valence-corrected chi connectivity index (χ1v) is 10.2. The van der Waals surface area contributed by atoms with Gasteiger partial charge in [0.1, 0.15) is 6.10 Å². The molecule has 150 valence electrons. The summed E-state index contributed by atoms with van der Waals surface area (Å²) < 4.78 is 10.1. The number of esters is 2. The van der Waals surface area contributed by atoms with Gasteiger partial charge in [0.05, 0.1) is 7.11 Å². The molecule has 0 aliphatic rings. The Morgan fingerprint density at radius 1 is 0.962 bits per heavy atom. The Labute approximate surface area is 160 Å². The predicted molar refractivity (Wildman–Crippen MR) is 107 cm³/mol. The zero-order valence-electron chi connectivity index (χ0n) is 16.8. The summed E-state index contributed by atoms with van der Waals surface area (Å²) in [6, 6.07) is 0. The van der Waals surface area contributed by atoms with Gasteiger partial charge in [-0.05, 0) is 32.1 Å². The van der Waals surface area contributed by atoms with Gasteiger partial charge in [-0.15, -0.1) is 0 Å². The van der Waals surface area contributed by atoms with Gasteiger partial charge in [-0.1, -0.05) is 64.2 Å². The Bertz CT molecular complexity index is 401. The lowest BCUT2D eigenvalue weighted by atomic mass is 10.1. The number of hydrogen-bond acceptors (Lipinski definition) is 4. The lowest BCUT2D eigenvalue weighted by Gasteiger charge is -2.15. The van der Waals surface area contributed by atoms with Gasteiger partial charge in [0.2, 0.25) is 0 Å². The molecule has 1 unspecified atom stereocenters. The molecule has 0 spiro atoms. The van der Waals surface area contributed by atoms with Crippen molar-refractivity contribution in [3.63, 3.8) is 0 Å². The third-order valence-electron chi connectivity index (χ3n) is 4.37. The first-order valence-electron chi connectivity index (χ1n) is 10.2. The number of carbonyl (C=O) groups is 2. The molecule has 0 saturated carbocycles. The van der Waals surface area contributed by atoms with Crippen LogP contribution in [0.3, 0.4) is 0 Å². The first kappa shape index (κ1) is 24.4. The molecule has 4 nitrogen and oxygen atoms in total. The van der Waals surface area contributed by atoms with Crippen LogP contribution in [0.2, 0.25) is 0 Å². The lowest BCUT2D eigenvalue weighted by Crippen LogP contribution is -2.16. The van der Waals surface area contributed by atoms with E-state index in [2.05, 4.69) is 30.4 Å². The Kier molecular flexibility index (Phi) is 17.1. The third kappa shape index (κ3) is 15.9. The van der Waals surface area contributed by atoms with Gasteiger partial charge in [-0.2, -0.15) is 0 Å².